The molecule has 10 atom stereocenters. The van der Waals surface area contributed by atoms with Crippen LogP contribution in [0.15, 0.2) is 36.0 Å². The van der Waals surface area contributed by atoms with Crippen molar-refractivity contribution in [3.05, 3.63) is 36.0 Å². The fourth-order valence-corrected chi connectivity index (χ4v) is 6.72. The van der Waals surface area contributed by atoms with Gasteiger partial charge in [-0.1, -0.05) is 51.2 Å². The van der Waals surface area contributed by atoms with Crippen molar-refractivity contribution >= 4 is 23.4 Å². The molecule has 0 saturated carbocycles. The molecule has 2 heterocycles. The van der Waals surface area contributed by atoms with Crippen molar-refractivity contribution in [1.82, 2.24) is 4.90 Å². The fourth-order valence-electron chi connectivity index (χ4n) is 6.72. The van der Waals surface area contributed by atoms with Crippen molar-refractivity contribution < 1.29 is 43.2 Å². The zero-order valence-electron chi connectivity index (χ0n) is 26.6. The number of amides is 1. The highest BCUT2D eigenvalue weighted by atomic mass is 16.5. The number of likely N-dealkylation sites (tertiary alicyclic amines) is 1. The van der Waals surface area contributed by atoms with E-state index in [1.807, 2.05) is 38.2 Å². The molecule has 3 rings (SSSR count). The molecule has 1 aliphatic carbocycles. The van der Waals surface area contributed by atoms with Crippen LogP contribution in [0.4, 0.5) is 0 Å². The van der Waals surface area contributed by atoms with Crippen molar-refractivity contribution in [1.29, 1.82) is 0 Å². The van der Waals surface area contributed by atoms with Crippen molar-refractivity contribution in [2.75, 3.05) is 27.9 Å². The number of piperidine rings is 1. The highest BCUT2D eigenvalue weighted by Crippen LogP contribution is 2.38. The molecule has 2 aliphatic heterocycles. The maximum atomic E-state index is 13.9. The van der Waals surface area contributed by atoms with Gasteiger partial charge in [-0.05, 0) is 56.4 Å². The van der Waals surface area contributed by atoms with Crippen LogP contribution in [0.25, 0.3) is 0 Å². The highest BCUT2D eigenvalue weighted by molar-refractivity contribution is 6.38. The van der Waals surface area contributed by atoms with E-state index in [0.29, 0.717) is 25.7 Å². The van der Waals surface area contributed by atoms with Gasteiger partial charge in [0.2, 0.25) is 0 Å². The zero-order valence-corrected chi connectivity index (χ0v) is 26.6. The standard InChI is InChI=1S/C33H49NO9/c1-19-13-9-8-10-14-20(2)29(40-5)25(30(41-6)26(35)21(3)17-19)24-18-22(4)27(36)31(43-24)28(37)32(38)34-16-12-11-15-23(34)33(39)42-7/h8-10,13-14,19,21-25,27,29-31,36H,11-12,15-18H2,1-7H3/b10-8+,13-9-,20-14+/t19-,21+,22?,23?,24-,25?,27+,29-,30?,31+/m0/s1. The lowest BCUT2D eigenvalue weighted by Crippen LogP contribution is -2.59. The number of rotatable bonds is 6. The molecule has 0 aromatic carbocycles. The number of carbonyl (C=O) groups excluding carboxylic acids is 4. The van der Waals surface area contributed by atoms with E-state index >= 15 is 0 Å². The summed E-state index contributed by atoms with van der Waals surface area (Å²) in [6, 6.07) is -0.868. The second-order valence-electron chi connectivity index (χ2n) is 12.3. The molecule has 2 saturated heterocycles. The molecule has 43 heavy (non-hydrogen) atoms. The summed E-state index contributed by atoms with van der Waals surface area (Å²) in [5.74, 6) is -3.82. The minimum absolute atomic E-state index is 0.106. The second kappa shape index (κ2) is 15.9. The first-order chi connectivity index (χ1) is 20.5. The number of hydrogen-bond donors (Lipinski definition) is 1. The number of hydrogen-bond acceptors (Lipinski definition) is 9. The Morgan fingerprint density at radius 1 is 0.977 bits per heavy atom. The molecular weight excluding hydrogens is 554 g/mol. The van der Waals surface area contributed by atoms with Gasteiger partial charge in [0.05, 0.1) is 25.4 Å². The van der Waals surface area contributed by atoms with Gasteiger partial charge in [0.1, 0.15) is 12.1 Å². The van der Waals surface area contributed by atoms with Crippen LogP contribution < -0.4 is 0 Å². The predicted molar refractivity (Wildman–Crippen MR) is 160 cm³/mol. The van der Waals surface area contributed by atoms with Crippen LogP contribution in [-0.4, -0.2) is 97.9 Å². The average molecular weight is 604 g/mol. The van der Waals surface area contributed by atoms with Gasteiger partial charge in [0.15, 0.2) is 11.9 Å². The van der Waals surface area contributed by atoms with Crippen molar-refractivity contribution in [2.45, 2.75) is 96.4 Å². The van der Waals surface area contributed by atoms with Gasteiger partial charge in [-0.15, -0.1) is 0 Å². The molecule has 240 valence electrons. The lowest BCUT2D eigenvalue weighted by atomic mass is 9.75. The van der Waals surface area contributed by atoms with Gasteiger partial charge < -0.3 is 29.0 Å². The van der Waals surface area contributed by atoms with E-state index in [4.69, 9.17) is 18.9 Å². The summed E-state index contributed by atoms with van der Waals surface area (Å²) in [5, 5.41) is 11.1. The van der Waals surface area contributed by atoms with E-state index in [1.165, 1.54) is 19.1 Å². The maximum Gasteiger partial charge on any atom is 0.328 e. The number of allylic oxidation sites excluding steroid dienone is 5. The molecule has 10 nitrogen and oxygen atoms in total. The smallest absolute Gasteiger partial charge is 0.328 e. The first-order valence-corrected chi connectivity index (χ1v) is 15.3. The lowest BCUT2D eigenvalue weighted by Gasteiger charge is -2.45. The number of Topliss-reactive ketones (excluding diaryl/α,β-unsaturated/α-hetero) is 2. The monoisotopic (exact) mass is 603 g/mol. The summed E-state index contributed by atoms with van der Waals surface area (Å²) in [5.41, 5.74) is 0.822. The predicted octanol–water partition coefficient (Wildman–Crippen LogP) is 3.21. The summed E-state index contributed by atoms with van der Waals surface area (Å²) in [6.07, 6.45) is 7.37. The van der Waals surface area contributed by atoms with Crippen LogP contribution in [0.3, 0.4) is 0 Å². The van der Waals surface area contributed by atoms with E-state index < -0.39 is 66.1 Å². The number of methoxy groups -OCH3 is 3. The summed E-state index contributed by atoms with van der Waals surface area (Å²) < 4.78 is 23.1. The van der Waals surface area contributed by atoms with E-state index in [9.17, 15) is 24.3 Å². The Morgan fingerprint density at radius 3 is 2.33 bits per heavy atom. The summed E-state index contributed by atoms with van der Waals surface area (Å²) >= 11 is 0. The zero-order chi connectivity index (χ0) is 31.8. The SMILES string of the molecule is COC(=O)C1CCCCN1C(=O)C(=O)[C@@H]1O[C@H](C2C(OC)C(=O)[C@H](C)C[C@@H](C)\C=C/C=C/C=C(\C)[C@@H]2OC)CC(C)[C@H]1O. The van der Waals surface area contributed by atoms with Crippen LogP contribution >= 0.6 is 0 Å². The topological polar surface area (TPSA) is 129 Å². The van der Waals surface area contributed by atoms with Crippen LogP contribution in [0, 0.1) is 23.7 Å². The molecule has 0 radical (unpaired) electrons. The summed E-state index contributed by atoms with van der Waals surface area (Å²) in [4.78, 5) is 54.8. The molecule has 0 bridgehead atoms. The van der Waals surface area contributed by atoms with Crippen molar-refractivity contribution in [3.8, 4) is 0 Å². The average Bonchev–Trinajstić information content (AvgIpc) is 3.00. The third kappa shape index (κ3) is 8.09. The number of carbonyl (C=O) groups is 4. The lowest BCUT2D eigenvalue weighted by molar-refractivity contribution is -0.195. The van der Waals surface area contributed by atoms with Crippen LogP contribution in [0.1, 0.15) is 59.8 Å². The largest absolute Gasteiger partial charge is 0.467 e. The molecule has 3 aliphatic rings. The molecule has 0 aromatic rings. The molecule has 1 N–H and O–H groups in total. The number of esters is 1. The van der Waals surface area contributed by atoms with E-state index in [0.717, 1.165) is 12.0 Å². The quantitative estimate of drug-likeness (QED) is 0.359. The number of aliphatic hydroxyl groups is 1. The number of aliphatic hydroxyl groups excluding tert-OH is 1. The molecule has 2 fully saturated rings. The minimum atomic E-state index is -1.48. The molecule has 10 heteroatoms. The van der Waals surface area contributed by atoms with Crippen LogP contribution in [-0.2, 0) is 38.1 Å². The Balaban J connectivity index is 2.01. The summed E-state index contributed by atoms with van der Waals surface area (Å²) in [6.45, 7) is 7.85. The number of nitrogens with zero attached hydrogens (tertiary/aromatic N) is 1. The summed E-state index contributed by atoms with van der Waals surface area (Å²) in [7, 11) is 4.28. The molecular formula is C33H49NO9. The minimum Gasteiger partial charge on any atom is -0.467 e. The van der Waals surface area contributed by atoms with Gasteiger partial charge >= 0.3 is 5.97 Å². The Labute approximate surface area is 255 Å². The van der Waals surface area contributed by atoms with E-state index in [2.05, 4.69) is 13.0 Å². The Bertz CT molecular complexity index is 1100. The Hall–Kier alpha value is -2.66. The fraction of sp³-hybridized carbons (Fsp3) is 0.697. The third-order valence-electron chi connectivity index (χ3n) is 9.12. The molecule has 0 spiro atoms. The first-order valence-electron chi connectivity index (χ1n) is 15.3. The number of ketones is 2. The molecule has 1 amide bonds. The van der Waals surface area contributed by atoms with Gasteiger partial charge in [-0.2, -0.15) is 0 Å². The number of ether oxygens (including phenoxy) is 4. The Morgan fingerprint density at radius 2 is 1.67 bits per heavy atom. The van der Waals surface area contributed by atoms with Gasteiger partial charge in [0, 0.05) is 32.6 Å². The Kier molecular flexibility index (Phi) is 12.9. The van der Waals surface area contributed by atoms with E-state index in [-0.39, 0.29) is 24.2 Å². The van der Waals surface area contributed by atoms with Crippen LogP contribution in [0.2, 0.25) is 0 Å². The van der Waals surface area contributed by atoms with Gasteiger partial charge in [0.25, 0.3) is 11.7 Å². The highest BCUT2D eigenvalue weighted by Gasteiger charge is 2.51. The van der Waals surface area contributed by atoms with Gasteiger partial charge in [-0.3, -0.25) is 14.4 Å². The second-order valence-corrected chi connectivity index (χ2v) is 12.3. The van der Waals surface area contributed by atoms with E-state index in [1.54, 1.807) is 14.0 Å². The van der Waals surface area contributed by atoms with Gasteiger partial charge in [-0.25, -0.2) is 4.79 Å². The third-order valence-corrected chi connectivity index (χ3v) is 9.12. The molecule has 4 unspecified atom stereocenters. The van der Waals surface area contributed by atoms with Crippen molar-refractivity contribution in [3.63, 3.8) is 0 Å². The first kappa shape index (κ1) is 34.8. The normalized spacial score (nSPS) is 38.8. The molecule has 0 aromatic heterocycles. The van der Waals surface area contributed by atoms with Crippen molar-refractivity contribution in [2.24, 2.45) is 23.7 Å². The maximum absolute atomic E-state index is 13.9. The van der Waals surface area contributed by atoms with Crippen LogP contribution in [0.5, 0.6) is 0 Å².